The summed E-state index contributed by atoms with van der Waals surface area (Å²) in [6.45, 7) is 5.03. The first-order chi connectivity index (χ1) is 13.2. The molecule has 0 radical (unpaired) electrons. The van der Waals surface area contributed by atoms with Crippen molar-refractivity contribution < 1.29 is 23.7 Å². The Morgan fingerprint density at radius 2 is 1.89 bits per heavy atom. The van der Waals surface area contributed by atoms with Gasteiger partial charge in [0.15, 0.2) is 23.0 Å². The third-order valence-corrected chi connectivity index (χ3v) is 3.76. The van der Waals surface area contributed by atoms with Gasteiger partial charge in [-0.1, -0.05) is 12.1 Å². The van der Waals surface area contributed by atoms with Crippen molar-refractivity contribution in [3.8, 4) is 23.0 Å². The molecule has 0 saturated heterocycles. The molecular formula is C20H22N2O5. The lowest BCUT2D eigenvalue weighted by Gasteiger charge is -2.24. The lowest BCUT2D eigenvalue weighted by Crippen LogP contribution is -2.42. The van der Waals surface area contributed by atoms with E-state index in [1.54, 1.807) is 18.2 Å². The van der Waals surface area contributed by atoms with Gasteiger partial charge in [0.1, 0.15) is 6.61 Å². The molecule has 1 atom stereocenters. The quantitative estimate of drug-likeness (QED) is 0.599. The molecule has 0 aliphatic carbocycles. The number of benzene rings is 2. The lowest BCUT2D eigenvalue weighted by atomic mass is 10.2. The van der Waals surface area contributed by atoms with Crippen LogP contribution in [0.2, 0.25) is 0 Å². The molecule has 0 aromatic heterocycles. The molecule has 1 heterocycles. The highest BCUT2D eigenvalue weighted by molar-refractivity contribution is 5.85. The molecule has 2 aromatic carbocycles. The predicted octanol–water partition coefficient (Wildman–Crippen LogP) is 2.77. The van der Waals surface area contributed by atoms with Gasteiger partial charge in [-0.2, -0.15) is 5.10 Å². The molecule has 7 heteroatoms. The Kier molecular flexibility index (Phi) is 6.14. The van der Waals surface area contributed by atoms with E-state index in [9.17, 15) is 4.79 Å². The Hall–Kier alpha value is -3.22. The standard InChI is InChI=1S/C20H22N2O5/c1-3-24-16-10-9-14(11-18(16)25-4-2)12-21-22-20(23)19-13-26-15-7-5-6-8-17(15)27-19/h5-12,19H,3-4,13H2,1-2H3,(H,22,23)/b21-12+. The number of hydrogen-bond donors (Lipinski definition) is 1. The van der Waals surface area contributed by atoms with Crippen molar-refractivity contribution in [2.24, 2.45) is 5.10 Å². The van der Waals surface area contributed by atoms with Gasteiger partial charge in [0.2, 0.25) is 6.10 Å². The van der Waals surface area contributed by atoms with Crippen LogP contribution in [0, 0.1) is 0 Å². The minimum atomic E-state index is -0.753. The largest absolute Gasteiger partial charge is 0.490 e. The van der Waals surface area contributed by atoms with Crippen molar-refractivity contribution in [3.63, 3.8) is 0 Å². The summed E-state index contributed by atoms with van der Waals surface area (Å²) in [6, 6.07) is 12.7. The molecule has 0 bridgehead atoms. The summed E-state index contributed by atoms with van der Waals surface area (Å²) in [4.78, 5) is 12.2. The summed E-state index contributed by atoms with van der Waals surface area (Å²) < 4.78 is 22.3. The van der Waals surface area contributed by atoms with Crippen LogP contribution >= 0.6 is 0 Å². The summed E-state index contributed by atoms with van der Waals surface area (Å²) in [5, 5.41) is 3.99. The maximum atomic E-state index is 12.2. The molecule has 7 nitrogen and oxygen atoms in total. The fraction of sp³-hybridized carbons (Fsp3) is 0.300. The molecule has 0 spiro atoms. The third-order valence-electron chi connectivity index (χ3n) is 3.76. The number of hydrazone groups is 1. The van der Waals surface area contributed by atoms with Gasteiger partial charge >= 0.3 is 0 Å². The Morgan fingerprint density at radius 3 is 2.67 bits per heavy atom. The second-order valence-electron chi connectivity index (χ2n) is 5.67. The first-order valence-corrected chi connectivity index (χ1v) is 8.82. The van der Waals surface area contributed by atoms with Crippen molar-refractivity contribution in [2.45, 2.75) is 20.0 Å². The average Bonchev–Trinajstić information content (AvgIpc) is 2.69. The first-order valence-electron chi connectivity index (χ1n) is 8.82. The van der Waals surface area contributed by atoms with Crippen LogP contribution in [0.3, 0.4) is 0 Å². The monoisotopic (exact) mass is 370 g/mol. The fourth-order valence-electron chi connectivity index (χ4n) is 2.54. The van der Waals surface area contributed by atoms with E-state index in [2.05, 4.69) is 10.5 Å². The lowest BCUT2D eigenvalue weighted by molar-refractivity contribution is -0.130. The summed E-state index contributed by atoms with van der Waals surface area (Å²) in [5.41, 5.74) is 3.25. The van der Waals surface area contributed by atoms with Gasteiger partial charge in [-0.3, -0.25) is 4.79 Å². The molecule has 1 unspecified atom stereocenters. The highest BCUT2D eigenvalue weighted by Crippen LogP contribution is 2.31. The fourth-order valence-corrected chi connectivity index (χ4v) is 2.54. The van der Waals surface area contributed by atoms with E-state index in [1.807, 2.05) is 38.1 Å². The number of nitrogens with zero attached hydrogens (tertiary/aromatic N) is 1. The maximum Gasteiger partial charge on any atom is 0.284 e. The zero-order chi connectivity index (χ0) is 19.1. The molecule has 1 amide bonds. The van der Waals surface area contributed by atoms with Crippen LogP contribution in [0.1, 0.15) is 19.4 Å². The van der Waals surface area contributed by atoms with Crippen molar-refractivity contribution in [2.75, 3.05) is 19.8 Å². The van der Waals surface area contributed by atoms with Crippen LogP contribution < -0.4 is 24.4 Å². The second-order valence-corrected chi connectivity index (χ2v) is 5.67. The van der Waals surface area contributed by atoms with Gasteiger partial charge < -0.3 is 18.9 Å². The van der Waals surface area contributed by atoms with Crippen molar-refractivity contribution in [1.29, 1.82) is 0 Å². The number of para-hydroxylation sites is 2. The molecular weight excluding hydrogens is 348 g/mol. The SMILES string of the molecule is CCOc1ccc(/C=N/NC(=O)C2COc3ccccc3O2)cc1OCC. The number of nitrogens with one attached hydrogen (secondary N) is 1. The summed E-state index contributed by atoms with van der Waals surface area (Å²) in [6.07, 6.45) is 0.782. The molecule has 1 aliphatic rings. The van der Waals surface area contributed by atoms with Gasteiger partial charge in [-0.05, 0) is 49.7 Å². The minimum Gasteiger partial charge on any atom is -0.490 e. The van der Waals surface area contributed by atoms with Gasteiger partial charge in [0, 0.05) is 0 Å². The van der Waals surface area contributed by atoms with Crippen LogP contribution in [-0.2, 0) is 4.79 Å². The molecule has 0 saturated carbocycles. The topological polar surface area (TPSA) is 78.4 Å². The molecule has 27 heavy (non-hydrogen) atoms. The number of rotatable bonds is 7. The molecule has 0 fully saturated rings. The van der Waals surface area contributed by atoms with E-state index in [0.717, 1.165) is 5.56 Å². The second kappa shape index (κ2) is 8.93. The van der Waals surface area contributed by atoms with E-state index >= 15 is 0 Å². The zero-order valence-electron chi connectivity index (χ0n) is 15.3. The summed E-state index contributed by atoms with van der Waals surface area (Å²) >= 11 is 0. The smallest absolute Gasteiger partial charge is 0.284 e. The zero-order valence-corrected chi connectivity index (χ0v) is 15.3. The summed E-state index contributed by atoms with van der Waals surface area (Å²) in [7, 11) is 0. The van der Waals surface area contributed by atoms with E-state index < -0.39 is 6.10 Å². The highest BCUT2D eigenvalue weighted by Gasteiger charge is 2.26. The van der Waals surface area contributed by atoms with Crippen molar-refractivity contribution in [3.05, 3.63) is 48.0 Å². The maximum absolute atomic E-state index is 12.2. The normalized spacial score (nSPS) is 15.4. The number of carbonyl (C=O) groups is 1. The molecule has 142 valence electrons. The third kappa shape index (κ3) is 4.69. The molecule has 2 aromatic rings. The number of fused-ring (bicyclic) bond motifs is 1. The van der Waals surface area contributed by atoms with E-state index in [1.165, 1.54) is 6.21 Å². The van der Waals surface area contributed by atoms with Gasteiger partial charge in [-0.15, -0.1) is 0 Å². The Balaban J connectivity index is 1.60. The molecule has 1 aliphatic heterocycles. The number of carbonyl (C=O) groups excluding carboxylic acids is 1. The minimum absolute atomic E-state index is 0.135. The van der Waals surface area contributed by atoms with E-state index in [-0.39, 0.29) is 12.5 Å². The van der Waals surface area contributed by atoms with Crippen LogP contribution in [0.25, 0.3) is 0 Å². The van der Waals surface area contributed by atoms with Crippen LogP contribution in [-0.4, -0.2) is 38.0 Å². The Labute approximate surface area is 157 Å². The summed E-state index contributed by atoms with van der Waals surface area (Å²) in [5.74, 6) is 2.10. The number of amides is 1. The van der Waals surface area contributed by atoms with E-state index in [0.29, 0.717) is 36.2 Å². The van der Waals surface area contributed by atoms with Crippen molar-refractivity contribution in [1.82, 2.24) is 5.43 Å². The predicted molar refractivity (Wildman–Crippen MR) is 101 cm³/mol. The van der Waals surface area contributed by atoms with Gasteiger partial charge in [0.05, 0.1) is 19.4 Å². The molecule has 1 N–H and O–H groups in total. The Morgan fingerprint density at radius 1 is 1.15 bits per heavy atom. The van der Waals surface area contributed by atoms with Crippen LogP contribution in [0.4, 0.5) is 0 Å². The Bertz CT molecular complexity index is 822. The average molecular weight is 370 g/mol. The van der Waals surface area contributed by atoms with Crippen LogP contribution in [0.5, 0.6) is 23.0 Å². The molecule has 3 rings (SSSR count). The van der Waals surface area contributed by atoms with Crippen LogP contribution in [0.15, 0.2) is 47.6 Å². The highest BCUT2D eigenvalue weighted by atomic mass is 16.6. The van der Waals surface area contributed by atoms with E-state index in [4.69, 9.17) is 18.9 Å². The van der Waals surface area contributed by atoms with Crippen molar-refractivity contribution >= 4 is 12.1 Å². The number of hydrogen-bond acceptors (Lipinski definition) is 6. The first kappa shape index (κ1) is 18.6. The number of ether oxygens (including phenoxy) is 4. The van der Waals surface area contributed by atoms with Gasteiger partial charge in [0.25, 0.3) is 5.91 Å². The van der Waals surface area contributed by atoms with Gasteiger partial charge in [-0.25, -0.2) is 5.43 Å².